The van der Waals surface area contributed by atoms with E-state index >= 15 is 0 Å². The number of hydrogen-bond donors (Lipinski definition) is 1. The number of piperidine rings is 1. The fourth-order valence-corrected chi connectivity index (χ4v) is 4.57. The molecule has 2 aliphatic heterocycles. The second kappa shape index (κ2) is 6.45. The van der Waals surface area contributed by atoms with Crippen LogP contribution in [0.2, 0.25) is 0 Å². The molecule has 0 spiro atoms. The number of aromatic nitrogens is 2. The van der Waals surface area contributed by atoms with Crippen LogP contribution in [0.4, 0.5) is 0 Å². The van der Waals surface area contributed by atoms with Crippen LogP contribution in [0.5, 0.6) is 0 Å². The number of carbonyl (C=O) groups excluding carboxylic acids is 1. The van der Waals surface area contributed by atoms with E-state index in [1.807, 2.05) is 22.3 Å². The molecule has 1 unspecified atom stereocenters. The van der Waals surface area contributed by atoms with Gasteiger partial charge in [0.25, 0.3) is 0 Å². The molecule has 1 saturated heterocycles. The first-order valence-corrected chi connectivity index (χ1v) is 9.22. The van der Waals surface area contributed by atoms with Gasteiger partial charge in [0.1, 0.15) is 0 Å². The minimum Gasteiger partial charge on any atom is -0.341 e. The smallest absolute Gasteiger partial charge is 0.236 e. The van der Waals surface area contributed by atoms with Crippen LogP contribution in [0.3, 0.4) is 0 Å². The molecule has 1 atom stereocenters. The van der Waals surface area contributed by atoms with Crippen molar-refractivity contribution >= 4 is 17.2 Å². The van der Waals surface area contributed by atoms with Crippen molar-refractivity contribution < 1.29 is 4.79 Å². The third-order valence-corrected chi connectivity index (χ3v) is 6.00. The van der Waals surface area contributed by atoms with Crippen LogP contribution in [0.1, 0.15) is 34.9 Å². The average Bonchev–Trinajstić information content (AvgIpc) is 3.26. The molecule has 23 heavy (non-hydrogen) atoms. The van der Waals surface area contributed by atoms with E-state index in [-0.39, 0.29) is 5.91 Å². The van der Waals surface area contributed by atoms with E-state index in [4.69, 9.17) is 0 Å². The number of rotatable bonds is 3. The number of thiophene rings is 1. The van der Waals surface area contributed by atoms with Crippen LogP contribution in [0.25, 0.3) is 0 Å². The SMILES string of the molecule is O=C(CN1CCc2sccc2C1)N1CCCC(c2ccn[nH]2)C1. The molecule has 0 bridgehead atoms. The summed E-state index contributed by atoms with van der Waals surface area (Å²) in [6.07, 6.45) is 5.08. The third kappa shape index (κ3) is 3.19. The minimum absolute atomic E-state index is 0.271. The van der Waals surface area contributed by atoms with Crippen LogP contribution in [-0.4, -0.2) is 52.1 Å². The molecule has 4 heterocycles. The highest BCUT2D eigenvalue weighted by atomic mass is 32.1. The molecule has 6 heteroatoms. The van der Waals surface area contributed by atoms with E-state index in [2.05, 4.69) is 26.5 Å². The highest BCUT2D eigenvalue weighted by molar-refractivity contribution is 7.10. The number of likely N-dealkylation sites (tertiary alicyclic amines) is 1. The van der Waals surface area contributed by atoms with Gasteiger partial charge in [0.2, 0.25) is 5.91 Å². The second-order valence-corrected chi connectivity index (χ2v) is 7.52. The maximum absolute atomic E-state index is 12.7. The normalized spacial score (nSPS) is 22.1. The van der Waals surface area contributed by atoms with Gasteiger partial charge < -0.3 is 4.90 Å². The van der Waals surface area contributed by atoms with E-state index in [0.29, 0.717) is 12.5 Å². The Balaban J connectivity index is 1.36. The highest BCUT2D eigenvalue weighted by Crippen LogP contribution is 2.26. The Morgan fingerprint density at radius 1 is 1.39 bits per heavy atom. The number of aromatic amines is 1. The van der Waals surface area contributed by atoms with E-state index in [9.17, 15) is 4.79 Å². The molecular formula is C17H22N4OS. The van der Waals surface area contributed by atoms with Gasteiger partial charge in [-0.15, -0.1) is 11.3 Å². The minimum atomic E-state index is 0.271. The van der Waals surface area contributed by atoms with Crippen molar-refractivity contribution in [3.05, 3.63) is 39.8 Å². The molecule has 4 rings (SSSR count). The number of hydrogen-bond acceptors (Lipinski definition) is 4. The van der Waals surface area contributed by atoms with Crippen molar-refractivity contribution in [2.45, 2.75) is 31.7 Å². The Morgan fingerprint density at radius 2 is 2.35 bits per heavy atom. The van der Waals surface area contributed by atoms with Gasteiger partial charge in [-0.3, -0.25) is 14.8 Å². The lowest BCUT2D eigenvalue weighted by atomic mass is 9.95. The van der Waals surface area contributed by atoms with Gasteiger partial charge in [-0.1, -0.05) is 0 Å². The Labute approximate surface area is 140 Å². The van der Waals surface area contributed by atoms with Gasteiger partial charge in [0, 0.05) is 48.9 Å². The molecule has 1 amide bonds. The van der Waals surface area contributed by atoms with Gasteiger partial charge in [-0.05, 0) is 42.3 Å². The zero-order chi connectivity index (χ0) is 15.6. The first kappa shape index (κ1) is 14.9. The lowest BCUT2D eigenvalue weighted by Gasteiger charge is -2.34. The van der Waals surface area contributed by atoms with Crippen LogP contribution in [0, 0.1) is 0 Å². The molecule has 0 radical (unpaired) electrons. The molecule has 5 nitrogen and oxygen atoms in total. The predicted octanol–water partition coefficient (Wildman–Crippen LogP) is 2.24. The topological polar surface area (TPSA) is 52.2 Å². The van der Waals surface area contributed by atoms with Crippen molar-refractivity contribution in [3.8, 4) is 0 Å². The molecule has 2 aromatic heterocycles. The Bertz CT molecular complexity index is 666. The van der Waals surface area contributed by atoms with E-state index in [1.165, 1.54) is 10.4 Å². The summed E-state index contributed by atoms with van der Waals surface area (Å²) in [5, 5.41) is 9.26. The van der Waals surface area contributed by atoms with Crippen molar-refractivity contribution in [2.75, 3.05) is 26.2 Å². The summed E-state index contributed by atoms with van der Waals surface area (Å²) in [5.74, 6) is 0.674. The Morgan fingerprint density at radius 3 is 3.22 bits per heavy atom. The second-order valence-electron chi connectivity index (χ2n) is 6.52. The van der Waals surface area contributed by atoms with Crippen molar-refractivity contribution in [2.24, 2.45) is 0 Å². The predicted molar refractivity (Wildman–Crippen MR) is 90.4 cm³/mol. The summed E-state index contributed by atoms with van der Waals surface area (Å²) in [6.45, 7) is 4.17. The summed E-state index contributed by atoms with van der Waals surface area (Å²) >= 11 is 1.84. The van der Waals surface area contributed by atoms with Gasteiger partial charge in [0.05, 0.1) is 6.54 Å². The first-order valence-electron chi connectivity index (χ1n) is 8.34. The zero-order valence-electron chi connectivity index (χ0n) is 13.2. The van der Waals surface area contributed by atoms with Crippen LogP contribution in [-0.2, 0) is 17.8 Å². The fraction of sp³-hybridized carbons (Fsp3) is 0.529. The molecule has 1 N–H and O–H groups in total. The van der Waals surface area contributed by atoms with Gasteiger partial charge in [-0.25, -0.2) is 0 Å². The van der Waals surface area contributed by atoms with Crippen molar-refractivity contribution in [3.63, 3.8) is 0 Å². The summed E-state index contributed by atoms with van der Waals surface area (Å²) in [7, 11) is 0. The van der Waals surface area contributed by atoms with Gasteiger partial charge in [0.15, 0.2) is 0 Å². The molecule has 2 aromatic rings. The zero-order valence-corrected chi connectivity index (χ0v) is 14.0. The van der Waals surface area contributed by atoms with Crippen LogP contribution in [0.15, 0.2) is 23.7 Å². The number of nitrogens with one attached hydrogen (secondary N) is 1. The lowest BCUT2D eigenvalue weighted by molar-refractivity contribution is -0.133. The summed E-state index contributed by atoms with van der Waals surface area (Å²) in [5.41, 5.74) is 2.56. The summed E-state index contributed by atoms with van der Waals surface area (Å²) < 4.78 is 0. The maximum Gasteiger partial charge on any atom is 0.236 e. The van der Waals surface area contributed by atoms with E-state index in [0.717, 1.165) is 51.1 Å². The third-order valence-electron chi connectivity index (χ3n) is 4.98. The van der Waals surface area contributed by atoms with E-state index in [1.54, 1.807) is 6.20 Å². The number of fused-ring (bicyclic) bond motifs is 1. The molecule has 1 fully saturated rings. The summed E-state index contributed by atoms with van der Waals surface area (Å²) in [6, 6.07) is 4.23. The number of carbonyl (C=O) groups is 1. The Kier molecular flexibility index (Phi) is 4.18. The number of amides is 1. The Hall–Kier alpha value is -1.66. The maximum atomic E-state index is 12.7. The van der Waals surface area contributed by atoms with Gasteiger partial charge >= 0.3 is 0 Å². The molecule has 122 valence electrons. The van der Waals surface area contributed by atoms with Crippen LogP contribution >= 0.6 is 11.3 Å². The molecule has 0 aliphatic carbocycles. The van der Waals surface area contributed by atoms with Gasteiger partial charge in [-0.2, -0.15) is 5.10 Å². The fourth-order valence-electron chi connectivity index (χ4n) is 3.68. The average molecular weight is 330 g/mol. The highest BCUT2D eigenvalue weighted by Gasteiger charge is 2.27. The quantitative estimate of drug-likeness (QED) is 0.939. The molecular weight excluding hydrogens is 308 g/mol. The molecule has 0 aromatic carbocycles. The van der Waals surface area contributed by atoms with Crippen molar-refractivity contribution in [1.82, 2.24) is 20.0 Å². The number of nitrogens with zero attached hydrogens (tertiary/aromatic N) is 3. The number of H-pyrrole nitrogens is 1. The molecule has 0 saturated carbocycles. The molecule has 2 aliphatic rings. The van der Waals surface area contributed by atoms with Crippen molar-refractivity contribution in [1.29, 1.82) is 0 Å². The standard InChI is InChI=1S/C17H22N4OS/c22-17(12-20-8-4-16-14(10-20)5-9-23-16)21-7-1-2-13(11-21)15-3-6-18-19-15/h3,5-6,9,13H,1-2,4,7-8,10-12H2,(H,18,19). The van der Waals surface area contributed by atoms with Crippen LogP contribution < -0.4 is 0 Å². The van der Waals surface area contributed by atoms with E-state index < -0.39 is 0 Å². The lowest BCUT2D eigenvalue weighted by Crippen LogP contribution is -2.45. The summed E-state index contributed by atoms with van der Waals surface area (Å²) in [4.78, 5) is 18.5. The monoisotopic (exact) mass is 330 g/mol. The largest absolute Gasteiger partial charge is 0.341 e. The first-order chi connectivity index (χ1) is 11.3.